The van der Waals surface area contributed by atoms with Gasteiger partial charge in [-0.2, -0.15) is 0 Å². The van der Waals surface area contributed by atoms with Crippen LogP contribution in [0.5, 0.6) is 0 Å². The van der Waals surface area contributed by atoms with Gasteiger partial charge in [0.2, 0.25) is 0 Å². The summed E-state index contributed by atoms with van der Waals surface area (Å²) in [5, 5.41) is 4.34. The molecule has 1 atom stereocenters. The van der Waals surface area contributed by atoms with Crippen LogP contribution in [0.3, 0.4) is 0 Å². The Bertz CT molecular complexity index is 583. The molecule has 0 aromatic heterocycles. The highest BCUT2D eigenvalue weighted by atomic mass is 127. The Morgan fingerprint density at radius 2 is 2.00 bits per heavy atom. The van der Waals surface area contributed by atoms with Crippen molar-refractivity contribution in [2.45, 2.75) is 32.7 Å². The monoisotopic (exact) mass is 399 g/mol. The van der Waals surface area contributed by atoms with Gasteiger partial charge in [-0.25, -0.2) is 0 Å². The molecule has 2 rings (SSSR count). The van der Waals surface area contributed by atoms with Crippen LogP contribution in [-0.4, -0.2) is 6.04 Å². The van der Waals surface area contributed by atoms with Gasteiger partial charge in [0, 0.05) is 20.3 Å². The SMILES string of the molecule is Cc1cccc(CCC(C)Nc2ccc(Cl)cc2I)c1. The number of rotatable bonds is 5. The van der Waals surface area contributed by atoms with Crippen molar-refractivity contribution in [1.82, 2.24) is 0 Å². The van der Waals surface area contributed by atoms with Crippen LogP contribution in [0, 0.1) is 10.5 Å². The molecule has 0 radical (unpaired) electrons. The van der Waals surface area contributed by atoms with Gasteiger partial charge in [0.1, 0.15) is 0 Å². The lowest BCUT2D eigenvalue weighted by Gasteiger charge is -2.16. The minimum atomic E-state index is 0.435. The summed E-state index contributed by atoms with van der Waals surface area (Å²) in [7, 11) is 0. The lowest BCUT2D eigenvalue weighted by molar-refractivity contribution is 0.705. The Labute approximate surface area is 139 Å². The molecule has 0 aliphatic carbocycles. The van der Waals surface area contributed by atoms with E-state index in [2.05, 4.69) is 66.0 Å². The molecule has 3 heteroatoms. The number of nitrogens with one attached hydrogen (secondary N) is 1. The number of halogens is 2. The summed E-state index contributed by atoms with van der Waals surface area (Å²) in [6.07, 6.45) is 2.21. The number of benzene rings is 2. The third-order valence-electron chi connectivity index (χ3n) is 3.28. The summed E-state index contributed by atoms with van der Waals surface area (Å²) < 4.78 is 1.16. The third kappa shape index (κ3) is 4.67. The summed E-state index contributed by atoms with van der Waals surface area (Å²) in [6.45, 7) is 4.36. The van der Waals surface area contributed by atoms with E-state index in [1.807, 2.05) is 18.2 Å². The summed E-state index contributed by atoms with van der Waals surface area (Å²) in [4.78, 5) is 0. The van der Waals surface area contributed by atoms with Gasteiger partial charge in [-0.15, -0.1) is 0 Å². The highest BCUT2D eigenvalue weighted by molar-refractivity contribution is 14.1. The molecule has 0 saturated heterocycles. The summed E-state index contributed by atoms with van der Waals surface area (Å²) in [5.74, 6) is 0. The Morgan fingerprint density at radius 3 is 2.70 bits per heavy atom. The Morgan fingerprint density at radius 1 is 1.20 bits per heavy atom. The molecule has 0 spiro atoms. The molecule has 2 aromatic carbocycles. The maximum atomic E-state index is 5.98. The standard InChI is InChI=1S/C17H19ClIN/c1-12-4-3-5-14(10-12)7-6-13(2)20-17-9-8-15(18)11-16(17)19/h3-5,8-11,13,20H,6-7H2,1-2H3. The van der Waals surface area contributed by atoms with E-state index in [-0.39, 0.29) is 0 Å². The second-order valence-corrected chi connectivity index (χ2v) is 6.80. The van der Waals surface area contributed by atoms with Crippen LogP contribution < -0.4 is 5.32 Å². The van der Waals surface area contributed by atoms with Crippen molar-refractivity contribution in [3.05, 3.63) is 62.2 Å². The molecule has 0 amide bonds. The topological polar surface area (TPSA) is 12.0 Å². The maximum Gasteiger partial charge on any atom is 0.0478 e. The van der Waals surface area contributed by atoms with Crippen molar-refractivity contribution in [1.29, 1.82) is 0 Å². The third-order valence-corrected chi connectivity index (χ3v) is 4.41. The van der Waals surface area contributed by atoms with Crippen molar-refractivity contribution in [3.8, 4) is 0 Å². The largest absolute Gasteiger partial charge is 0.382 e. The van der Waals surface area contributed by atoms with Crippen molar-refractivity contribution in [2.75, 3.05) is 5.32 Å². The number of hydrogen-bond donors (Lipinski definition) is 1. The average molecular weight is 400 g/mol. The van der Waals surface area contributed by atoms with Crippen molar-refractivity contribution >= 4 is 39.9 Å². The predicted octanol–water partition coefficient (Wildman–Crippen LogP) is 5.69. The van der Waals surface area contributed by atoms with Gasteiger partial charge >= 0.3 is 0 Å². The van der Waals surface area contributed by atoms with Crippen LogP contribution in [0.25, 0.3) is 0 Å². The van der Waals surface area contributed by atoms with E-state index >= 15 is 0 Å². The average Bonchev–Trinajstić information content (AvgIpc) is 2.40. The van der Waals surface area contributed by atoms with E-state index in [0.717, 1.165) is 27.1 Å². The molecule has 0 aliphatic heterocycles. The van der Waals surface area contributed by atoms with Gasteiger partial charge in [0.05, 0.1) is 0 Å². The fraction of sp³-hybridized carbons (Fsp3) is 0.294. The first-order valence-electron chi connectivity index (χ1n) is 6.82. The van der Waals surface area contributed by atoms with Gasteiger partial charge in [-0.05, 0) is 73.0 Å². The predicted molar refractivity (Wildman–Crippen MR) is 96.8 cm³/mol. The summed E-state index contributed by atoms with van der Waals surface area (Å²) >= 11 is 8.29. The lowest BCUT2D eigenvalue weighted by atomic mass is 10.0. The highest BCUT2D eigenvalue weighted by Crippen LogP contribution is 2.23. The van der Waals surface area contributed by atoms with Crippen LogP contribution >= 0.6 is 34.2 Å². The molecule has 0 bridgehead atoms. The fourth-order valence-corrected chi connectivity index (χ4v) is 3.22. The minimum absolute atomic E-state index is 0.435. The lowest BCUT2D eigenvalue weighted by Crippen LogP contribution is -2.16. The normalized spacial score (nSPS) is 12.2. The second kappa shape index (κ2) is 7.32. The van der Waals surface area contributed by atoms with Crippen molar-refractivity contribution < 1.29 is 0 Å². The molecule has 0 heterocycles. The van der Waals surface area contributed by atoms with Crippen LogP contribution in [0.1, 0.15) is 24.5 Å². The molecular weight excluding hydrogens is 381 g/mol. The van der Waals surface area contributed by atoms with E-state index in [1.165, 1.54) is 11.1 Å². The second-order valence-electron chi connectivity index (χ2n) is 5.20. The zero-order chi connectivity index (χ0) is 14.5. The van der Waals surface area contributed by atoms with Gasteiger partial charge < -0.3 is 5.32 Å². The van der Waals surface area contributed by atoms with E-state index in [1.54, 1.807) is 0 Å². The van der Waals surface area contributed by atoms with E-state index < -0.39 is 0 Å². The van der Waals surface area contributed by atoms with Crippen molar-refractivity contribution in [2.24, 2.45) is 0 Å². The molecule has 106 valence electrons. The number of aryl methyl sites for hydroxylation is 2. The van der Waals surface area contributed by atoms with E-state index in [0.29, 0.717) is 6.04 Å². The van der Waals surface area contributed by atoms with Crippen LogP contribution in [0.15, 0.2) is 42.5 Å². The van der Waals surface area contributed by atoms with E-state index in [9.17, 15) is 0 Å². The zero-order valence-electron chi connectivity index (χ0n) is 11.8. The first-order valence-corrected chi connectivity index (χ1v) is 8.27. The molecule has 0 aliphatic rings. The number of hydrogen-bond acceptors (Lipinski definition) is 1. The molecule has 2 aromatic rings. The van der Waals surface area contributed by atoms with Gasteiger partial charge in [-0.3, -0.25) is 0 Å². The zero-order valence-corrected chi connectivity index (χ0v) is 14.7. The fourth-order valence-electron chi connectivity index (χ4n) is 2.19. The van der Waals surface area contributed by atoms with Gasteiger partial charge in [0.15, 0.2) is 0 Å². The smallest absolute Gasteiger partial charge is 0.0478 e. The summed E-state index contributed by atoms with van der Waals surface area (Å²) in [5.41, 5.74) is 3.89. The first kappa shape index (κ1) is 15.6. The Kier molecular flexibility index (Phi) is 5.73. The maximum absolute atomic E-state index is 5.98. The van der Waals surface area contributed by atoms with Crippen LogP contribution in [0.4, 0.5) is 5.69 Å². The summed E-state index contributed by atoms with van der Waals surface area (Å²) in [6, 6.07) is 15.1. The molecule has 20 heavy (non-hydrogen) atoms. The molecule has 0 fully saturated rings. The Hall–Kier alpha value is -0.740. The molecule has 1 N–H and O–H groups in total. The molecule has 1 nitrogen and oxygen atoms in total. The van der Waals surface area contributed by atoms with Gasteiger partial charge in [0.25, 0.3) is 0 Å². The Balaban J connectivity index is 1.90. The van der Waals surface area contributed by atoms with Crippen LogP contribution in [0.2, 0.25) is 5.02 Å². The van der Waals surface area contributed by atoms with Crippen LogP contribution in [-0.2, 0) is 6.42 Å². The molecular formula is C17H19ClIN. The van der Waals surface area contributed by atoms with Crippen molar-refractivity contribution in [3.63, 3.8) is 0 Å². The quantitative estimate of drug-likeness (QED) is 0.637. The molecule has 0 saturated carbocycles. The highest BCUT2D eigenvalue weighted by Gasteiger charge is 2.06. The molecule has 1 unspecified atom stereocenters. The van der Waals surface area contributed by atoms with Gasteiger partial charge in [-0.1, -0.05) is 41.4 Å². The van der Waals surface area contributed by atoms with E-state index in [4.69, 9.17) is 11.6 Å². The minimum Gasteiger partial charge on any atom is -0.382 e. The first-order chi connectivity index (χ1) is 9.54. The number of anilines is 1.